The second kappa shape index (κ2) is 5.06. The molecule has 0 aromatic rings. The van der Waals surface area contributed by atoms with Crippen LogP contribution in [0.1, 0.15) is 25.7 Å². The van der Waals surface area contributed by atoms with Crippen LogP contribution in [0.15, 0.2) is 0 Å². The molecule has 0 aromatic heterocycles. The molecule has 0 amide bonds. The van der Waals surface area contributed by atoms with Crippen LogP contribution >= 0.6 is 7.60 Å². The topological polar surface area (TPSA) is 52.6 Å². The molecular formula is C9H17O4P. The molecule has 1 saturated carbocycles. The van der Waals surface area contributed by atoms with Crippen molar-refractivity contribution in [1.29, 1.82) is 0 Å². The highest BCUT2D eigenvalue weighted by Gasteiger charge is 2.26. The lowest BCUT2D eigenvalue weighted by molar-refractivity contribution is -0.112. The van der Waals surface area contributed by atoms with Crippen molar-refractivity contribution in [3.63, 3.8) is 0 Å². The zero-order valence-electron chi connectivity index (χ0n) is 8.64. The van der Waals surface area contributed by atoms with Gasteiger partial charge >= 0.3 is 7.60 Å². The van der Waals surface area contributed by atoms with Gasteiger partial charge in [-0.1, -0.05) is 0 Å². The SMILES string of the molecule is COP(C)(=O)OC1CCC(C=O)CC1. The number of aldehydes is 1. The van der Waals surface area contributed by atoms with Crippen LogP contribution in [0, 0.1) is 5.92 Å². The van der Waals surface area contributed by atoms with E-state index in [1.807, 2.05) is 0 Å². The largest absolute Gasteiger partial charge is 0.327 e. The fraction of sp³-hybridized carbons (Fsp3) is 0.889. The zero-order valence-corrected chi connectivity index (χ0v) is 9.54. The minimum atomic E-state index is -2.86. The third-order valence-corrected chi connectivity index (χ3v) is 3.93. The third-order valence-electron chi connectivity index (χ3n) is 2.58. The molecule has 1 rings (SSSR count). The van der Waals surface area contributed by atoms with Gasteiger partial charge in [0.1, 0.15) is 6.29 Å². The Balaban J connectivity index is 2.36. The number of rotatable bonds is 4. The van der Waals surface area contributed by atoms with E-state index in [-0.39, 0.29) is 12.0 Å². The smallest absolute Gasteiger partial charge is 0.312 e. The fourth-order valence-corrected chi connectivity index (χ4v) is 2.48. The molecule has 0 spiro atoms. The van der Waals surface area contributed by atoms with E-state index in [4.69, 9.17) is 9.05 Å². The van der Waals surface area contributed by atoms with Crippen molar-refractivity contribution in [3.8, 4) is 0 Å². The summed E-state index contributed by atoms with van der Waals surface area (Å²) in [6.45, 7) is 1.47. The molecule has 82 valence electrons. The van der Waals surface area contributed by atoms with Gasteiger partial charge in [0.05, 0.1) is 6.10 Å². The molecule has 0 heterocycles. The van der Waals surface area contributed by atoms with Crippen molar-refractivity contribution in [2.75, 3.05) is 13.8 Å². The molecule has 4 nitrogen and oxygen atoms in total. The molecule has 1 aliphatic rings. The Morgan fingerprint density at radius 3 is 2.29 bits per heavy atom. The van der Waals surface area contributed by atoms with Gasteiger partial charge in [-0.05, 0) is 25.7 Å². The Kier molecular flexibility index (Phi) is 4.30. The van der Waals surface area contributed by atoms with Crippen LogP contribution < -0.4 is 0 Å². The van der Waals surface area contributed by atoms with Gasteiger partial charge in [0.15, 0.2) is 0 Å². The number of hydrogen-bond donors (Lipinski definition) is 0. The first-order valence-corrected chi connectivity index (χ1v) is 6.83. The van der Waals surface area contributed by atoms with Crippen LogP contribution in [0.2, 0.25) is 0 Å². The van der Waals surface area contributed by atoms with E-state index >= 15 is 0 Å². The van der Waals surface area contributed by atoms with Crippen LogP contribution in [0.25, 0.3) is 0 Å². The minimum absolute atomic E-state index is 0.0121. The quantitative estimate of drug-likeness (QED) is 0.538. The van der Waals surface area contributed by atoms with Gasteiger partial charge in [-0.3, -0.25) is 4.57 Å². The Morgan fingerprint density at radius 1 is 1.29 bits per heavy atom. The maximum absolute atomic E-state index is 11.5. The van der Waals surface area contributed by atoms with Crippen molar-refractivity contribution < 1.29 is 18.4 Å². The van der Waals surface area contributed by atoms with Gasteiger partial charge < -0.3 is 13.8 Å². The van der Waals surface area contributed by atoms with Crippen LogP contribution in [-0.4, -0.2) is 26.2 Å². The summed E-state index contributed by atoms with van der Waals surface area (Å²) in [7, 11) is -1.47. The van der Waals surface area contributed by atoms with Crippen LogP contribution in [0.3, 0.4) is 0 Å². The molecule has 1 unspecified atom stereocenters. The van der Waals surface area contributed by atoms with Crippen molar-refractivity contribution in [2.24, 2.45) is 5.92 Å². The summed E-state index contributed by atoms with van der Waals surface area (Å²) in [5, 5.41) is 0. The highest BCUT2D eigenvalue weighted by atomic mass is 31.2. The van der Waals surface area contributed by atoms with Gasteiger partial charge in [-0.25, -0.2) is 0 Å². The van der Waals surface area contributed by atoms with E-state index in [9.17, 15) is 9.36 Å². The lowest BCUT2D eigenvalue weighted by Crippen LogP contribution is -2.21. The summed E-state index contributed by atoms with van der Waals surface area (Å²) in [6, 6.07) is 0. The van der Waals surface area contributed by atoms with Gasteiger partial charge in [0, 0.05) is 19.7 Å². The van der Waals surface area contributed by atoms with Gasteiger partial charge in [-0.15, -0.1) is 0 Å². The Hall–Kier alpha value is -0.180. The van der Waals surface area contributed by atoms with E-state index < -0.39 is 7.60 Å². The number of carbonyl (C=O) groups excluding carboxylic acids is 1. The highest BCUT2D eigenvalue weighted by Crippen LogP contribution is 2.46. The standard InChI is InChI=1S/C9H17O4P/c1-12-14(2,11)13-9-5-3-8(7-10)4-6-9/h7-9H,3-6H2,1-2H3. The predicted molar refractivity (Wildman–Crippen MR) is 53.4 cm³/mol. The first-order chi connectivity index (χ1) is 6.57. The van der Waals surface area contributed by atoms with Crippen molar-refractivity contribution in [2.45, 2.75) is 31.8 Å². The summed E-state index contributed by atoms with van der Waals surface area (Å²) >= 11 is 0. The average Bonchev–Trinajstić information content (AvgIpc) is 2.19. The molecular weight excluding hydrogens is 203 g/mol. The van der Waals surface area contributed by atoms with Crippen LogP contribution in [0.4, 0.5) is 0 Å². The first-order valence-electron chi connectivity index (χ1n) is 4.84. The number of carbonyl (C=O) groups is 1. The summed E-state index contributed by atoms with van der Waals surface area (Å²) in [4.78, 5) is 10.5. The molecule has 14 heavy (non-hydrogen) atoms. The molecule has 0 aliphatic heterocycles. The molecule has 1 atom stereocenters. The maximum Gasteiger partial charge on any atom is 0.327 e. The highest BCUT2D eigenvalue weighted by molar-refractivity contribution is 7.52. The second-order valence-electron chi connectivity index (χ2n) is 3.73. The molecule has 5 heteroatoms. The molecule has 0 aromatic carbocycles. The van der Waals surface area contributed by atoms with Crippen LogP contribution in [0.5, 0.6) is 0 Å². The molecule has 0 N–H and O–H groups in total. The van der Waals surface area contributed by atoms with Gasteiger partial charge in [-0.2, -0.15) is 0 Å². The van der Waals surface area contributed by atoms with Crippen LogP contribution in [-0.2, 0) is 18.4 Å². The summed E-state index contributed by atoms with van der Waals surface area (Å²) in [6.07, 6.45) is 4.24. The first kappa shape index (κ1) is 11.9. The predicted octanol–water partition coefficient (Wildman–Crippen LogP) is 2.23. The van der Waals surface area contributed by atoms with E-state index in [0.29, 0.717) is 0 Å². The summed E-state index contributed by atoms with van der Waals surface area (Å²) in [5.74, 6) is 0.161. The monoisotopic (exact) mass is 220 g/mol. The van der Waals surface area contributed by atoms with E-state index in [1.165, 1.54) is 13.8 Å². The fourth-order valence-electron chi connectivity index (χ4n) is 1.64. The Labute approximate surface area is 84.5 Å². The lowest BCUT2D eigenvalue weighted by atomic mass is 9.89. The molecule has 0 saturated heterocycles. The normalized spacial score (nSPS) is 32.1. The van der Waals surface area contributed by atoms with Crippen molar-refractivity contribution in [1.82, 2.24) is 0 Å². The third kappa shape index (κ3) is 3.52. The maximum atomic E-state index is 11.5. The number of hydrogen-bond acceptors (Lipinski definition) is 4. The van der Waals surface area contributed by atoms with Gasteiger partial charge in [0.25, 0.3) is 0 Å². The summed E-state index contributed by atoms with van der Waals surface area (Å²) in [5.41, 5.74) is 0. The second-order valence-corrected chi connectivity index (χ2v) is 5.85. The van der Waals surface area contributed by atoms with Crippen molar-refractivity contribution in [3.05, 3.63) is 0 Å². The summed E-state index contributed by atoms with van der Waals surface area (Å²) < 4.78 is 21.6. The van der Waals surface area contributed by atoms with Crippen molar-refractivity contribution >= 4 is 13.9 Å². The molecule has 1 aliphatic carbocycles. The lowest BCUT2D eigenvalue weighted by Gasteiger charge is -2.27. The van der Waals surface area contributed by atoms with Gasteiger partial charge in [0.2, 0.25) is 0 Å². The Morgan fingerprint density at radius 2 is 1.86 bits per heavy atom. The van der Waals surface area contributed by atoms with E-state index in [1.54, 1.807) is 0 Å². The molecule has 0 bridgehead atoms. The minimum Gasteiger partial charge on any atom is -0.312 e. The molecule has 0 radical (unpaired) electrons. The zero-order chi connectivity index (χ0) is 10.6. The van der Waals surface area contributed by atoms with E-state index in [2.05, 4.69) is 0 Å². The molecule has 1 fully saturated rings. The van der Waals surface area contributed by atoms with E-state index in [0.717, 1.165) is 32.0 Å². The Bertz CT molecular complexity index is 233. The average molecular weight is 220 g/mol.